The summed E-state index contributed by atoms with van der Waals surface area (Å²) in [5, 5.41) is 3.30. The molecule has 3 rings (SSSR count). The van der Waals surface area contributed by atoms with Crippen LogP contribution in [0.15, 0.2) is 36.7 Å². The second kappa shape index (κ2) is 5.88. The van der Waals surface area contributed by atoms with Crippen LogP contribution in [-0.2, 0) is 0 Å². The van der Waals surface area contributed by atoms with E-state index >= 15 is 0 Å². The van der Waals surface area contributed by atoms with Crippen molar-refractivity contribution in [1.29, 1.82) is 0 Å². The molecule has 1 amide bonds. The maximum absolute atomic E-state index is 11.1. The maximum Gasteiger partial charge on any atom is 0.248 e. The molecule has 1 saturated heterocycles. The van der Waals surface area contributed by atoms with Crippen molar-refractivity contribution >= 4 is 11.9 Å². The molecule has 0 atom stereocenters. The Hall–Kier alpha value is -2.47. The van der Waals surface area contributed by atoms with Crippen LogP contribution in [0.25, 0.3) is 11.1 Å². The van der Waals surface area contributed by atoms with Gasteiger partial charge < -0.3 is 16.0 Å². The Labute approximate surface area is 123 Å². The Balaban J connectivity index is 1.78. The number of carbonyl (C=O) groups is 1. The lowest BCUT2D eigenvalue weighted by Crippen LogP contribution is -2.44. The lowest BCUT2D eigenvalue weighted by molar-refractivity contribution is 0.100. The first-order valence-corrected chi connectivity index (χ1v) is 6.92. The van der Waals surface area contributed by atoms with Crippen LogP contribution in [0.1, 0.15) is 10.4 Å². The molecule has 0 radical (unpaired) electrons. The predicted octanol–water partition coefficient (Wildman–Crippen LogP) is 0.652. The number of piperazine rings is 1. The highest BCUT2D eigenvalue weighted by Crippen LogP contribution is 2.19. The van der Waals surface area contributed by atoms with Gasteiger partial charge in [-0.25, -0.2) is 9.97 Å². The third-order valence-corrected chi connectivity index (χ3v) is 3.54. The molecule has 1 aliphatic rings. The Morgan fingerprint density at radius 2 is 1.67 bits per heavy atom. The molecule has 6 nitrogen and oxygen atoms in total. The second-order valence-corrected chi connectivity index (χ2v) is 4.95. The molecule has 0 bridgehead atoms. The van der Waals surface area contributed by atoms with Gasteiger partial charge in [-0.1, -0.05) is 12.1 Å². The molecule has 2 aromatic rings. The van der Waals surface area contributed by atoms with Gasteiger partial charge in [-0.15, -0.1) is 0 Å². The number of anilines is 1. The fraction of sp³-hybridized carbons (Fsp3) is 0.267. The largest absolute Gasteiger partial charge is 0.366 e. The quantitative estimate of drug-likeness (QED) is 0.864. The highest BCUT2D eigenvalue weighted by Gasteiger charge is 2.12. The number of nitrogens with zero attached hydrogens (tertiary/aromatic N) is 3. The van der Waals surface area contributed by atoms with Crippen LogP contribution in [0.5, 0.6) is 0 Å². The van der Waals surface area contributed by atoms with Gasteiger partial charge in [-0.05, 0) is 17.7 Å². The summed E-state index contributed by atoms with van der Waals surface area (Å²) in [6.07, 6.45) is 3.62. The minimum atomic E-state index is -0.424. The van der Waals surface area contributed by atoms with Gasteiger partial charge in [-0.3, -0.25) is 4.79 Å². The van der Waals surface area contributed by atoms with Gasteiger partial charge in [0.15, 0.2) is 0 Å². The summed E-state index contributed by atoms with van der Waals surface area (Å²) in [5.74, 6) is 0.334. The fourth-order valence-corrected chi connectivity index (χ4v) is 2.33. The molecule has 3 N–H and O–H groups in total. The summed E-state index contributed by atoms with van der Waals surface area (Å²) < 4.78 is 0. The molecule has 2 heterocycles. The van der Waals surface area contributed by atoms with Crippen molar-refractivity contribution in [3.05, 3.63) is 42.2 Å². The van der Waals surface area contributed by atoms with Crippen LogP contribution in [0.3, 0.4) is 0 Å². The van der Waals surface area contributed by atoms with Gasteiger partial charge >= 0.3 is 0 Å². The second-order valence-electron chi connectivity index (χ2n) is 4.95. The average Bonchev–Trinajstić information content (AvgIpc) is 2.56. The summed E-state index contributed by atoms with van der Waals surface area (Å²) in [6, 6.07) is 7.12. The topological polar surface area (TPSA) is 84.1 Å². The molecule has 108 valence electrons. The van der Waals surface area contributed by atoms with E-state index in [4.69, 9.17) is 5.73 Å². The number of amides is 1. The van der Waals surface area contributed by atoms with Gasteiger partial charge in [-0.2, -0.15) is 0 Å². The van der Waals surface area contributed by atoms with Gasteiger partial charge in [0.2, 0.25) is 11.9 Å². The molecule has 21 heavy (non-hydrogen) atoms. The number of nitrogens with one attached hydrogen (secondary N) is 1. The van der Waals surface area contributed by atoms with E-state index in [1.165, 1.54) is 0 Å². The molecule has 1 fully saturated rings. The van der Waals surface area contributed by atoms with Crippen molar-refractivity contribution in [2.45, 2.75) is 0 Å². The Kier molecular flexibility index (Phi) is 3.79. The highest BCUT2D eigenvalue weighted by atomic mass is 16.1. The molecular formula is C15H17N5O. The smallest absolute Gasteiger partial charge is 0.248 e. The Morgan fingerprint density at radius 3 is 2.24 bits per heavy atom. The molecule has 1 aliphatic heterocycles. The summed E-state index contributed by atoms with van der Waals surface area (Å²) in [5.41, 5.74) is 7.61. The van der Waals surface area contributed by atoms with Crippen molar-refractivity contribution < 1.29 is 4.79 Å². The molecule has 0 spiro atoms. The number of benzene rings is 1. The van der Waals surface area contributed by atoms with Crippen molar-refractivity contribution in [2.24, 2.45) is 5.73 Å². The number of rotatable bonds is 3. The highest BCUT2D eigenvalue weighted by molar-refractivity contribution is 5.93. The Bertz CT molecular complexity index is 618. The molecule has 0 aliphatic carbocycles. The molecular weight excluding hydrogens is 266 g/mol. The number of aromatic nitrogens is 2. The summed E-state index contributed by atoms with van der Waals surface area (Å²) >= 11 is 0. The standard InChI is InChI=1S/C15H17N5O/c16-14(21)12-3-1-11(2-4-12)13-9-18-15(19-10-13)20-7-5-17-6-8-20/h1-4,9-10,17H,5-8H2,(H2,16,21). The first-order chi connectivity index (χ1) is 10.2. The predicted molar refractivity (Wildman–Crippen MR) is 81.1 cm³/mol. The van der Waals surface area contributed by atoms with Crippen LogP contribution < -0.4 is 16.0 Å². The van der Waals surface area contributed by atoms with Crippen LogP contribution >= 0.6 is 0 Å². The lowest BCUT2D eigenvalue weighted by atomic mass is 10.1. The zero-order valence-corrected chi connectivity index (χ0v) is 11.6. The zero-order valence-electron chi connectivity index (χ0n) is 11.6. The van der Waals surface area contributed by atoms with E-state index in [1.54, 1.807) is 12.1 Å². The number of carbonyl (C=O) groups excluding carboxylic acids is 1. The van der Waals surface area contributed by atoms with Gasteiger partial charge in [0.25, 0.3) is 0 Å². The van der Waals surface area contributed by atoms with Crippen molar-refractivity contribution in [2.75, 3.05) is 31.1 Å². The minimum Gasteiger partial charge on any atom is -0.366 e. The van der Waals surface area contributed by atoms with Gasteiger partial charge in [0.05, 0.1) is 0 Å². The van der Waals surface area contributed by atoms with Crippen LogP contribution in [0, 0.1) is 0 Å². The number of hydrogen-bond donors (Lipinski definition) is 2. The lowest BCUT2D eigenvalue weighted by Gasteiger charge is -2.27. The average molecular weight is 283 g/mol. The normalized spacial score (nSPS) is 15.0. The van der Waals surface area contributed by atoms with Crippen LogP contribution in [0.2, 0.25) is 0 Å². The molecule has 1 aromatic heterocycles. The van der Waals surface area contributed by atoms with E-state index in [2.05, 4.69) is 20.2 Å². The first-order valence-electron chi connectivity index (χ1n) is 6.92. The van der Waals surface area contributed by atoms with Crippen molar-refractivity contribution in [3.8, 4) is 11.1 Å². The summed E-state index contributed by atoms with van der Waals surface area (Å²) in [4.78, 5) is 22.1. The summed E-state index contributed by atoms with van der Waals surface area (Å²) in [6.45, 7) is 3.76. The van der Waals surface area contributed by atoms with E-state index in [1.807, 2.05) is 24.5 Å². The van der Waals surface area contributed by atoms with E-state index in [-0.39, 0.29) is 0 Å². The van der Waals surface area contributed by atoms with E-state index in [0.717, 1.165) is 43.3 Å². The third-order valence-electron chi connectivity index (χ3n) is 3.54. The zero-order chi connectivity index (χ0) is 14.7. The monoisotopic (exact) mass is 283 g/mol. The maximum atomic E-state index is 11.1. The number of hydrogen-bond acceptors (Lipinski definition) is 5. The van der Waals surface area contributed by atoms with E-state index in [9.17, 15) is 4.79 Å². The van der Waals surface area contributed by atoms with Crippen LogP contribution in [-0.4, -0.2) is 42.1 Å². The van der Waals surface area contributed by atoms with Crippen LogP contribution in [0.4, 0.5) is 5.95 Å². The SMILES string of the molecule is NC(=O)c1ccc(-c2cnc(N3CCNCC3)nc2)cc1. The fourth-order valence-electron chi connectivity index (χ4n) is 2.33. The number of nitrogens with two attached hydrogens (primary N) is 1. The molecule has 6 heteroatoms. The summed E-state index contributed by atoms with van der Waals surface area (Å²) in [7, 11) is 0. The van der Waals surface area contributed by atoms with Crippen molar-refractivity contribution in [1.82, 2.24) is 15.3 Å². The van der Waals surface area contributed by atoms with E-state index in [0.29, 0.717) is 5.56 Å². The van der Waals surface area contributed by atoms with E-state index < -0.39 is 5.91 Å². The molecule has 1 aromatic carbocycles. The third kappa shape index (κ3) is 3.00. The first kappa shape index (κ1) is 13.5. The van der Waals surface area contributed by atoms with Gasteiger partial charge in [0, 0.05) is 49.7 Å². The Morgan fingerprint density at radius 1 is 1.05 bits per heavy atom. The van der Waals surface area contributed by atoms with Crippen molar-refractivity contribution in [3.63, 3.8) is 0 Å². The number of primary amides is 1. The van der Waals surface area contributed by atoms with Gasteiger partial charge in [0.1, 0.15) is 0 Å². The minimum absolute atomic E-state index is 0.424. The molecule has 0 unspecified atom stereocenters. The molecule has 0 saturated carbocycles.